The van der Waals surface area contributed by atoms with Crippen molar-refractivity contribution in [2.45, 2.75) is 31.8 Å². The number of carbonyl (C=O) groups is 2. The van der Waals surface area contributed by atoms with E-state index in [0.717, 1.165) is 18.1 Å². The molecule has 0 atom stereocenters. The van der Waals surface area contributed by atoms with Gasteiger partial charge in [0.2, 0.25) is 11.8 Å². The number of nitrogens with one attached hydrogen (secondary N) is 1. The van der Waals surface area contributed by atoms with E-state index in [1.54, 1.807) is 4.90 Å². The first kappa shape index (κ1) is 18.4. The minimum atomic E-state index is -0.124. The zero-order valence-corrected chi connectivity index (χ0v) is 16.0. The first-order chi connectivity index (χ1) is 12.4. The van der Waals surface area contributed by atoms with Crippen LogP contribution in [0.4, 0.5) is 5.69 Å². The normalized spacial score (nSPS) is 13.5. The molecule has 26 heavy (non-hydrogen) atoms. The summed E-state index contributed by atoms with van der Waals surface area (Å²) in [6.07, 6.45) is 2.45. The Labute approximate surface area is 157 Å². The number of nitrogens with zero attached hydrogens (tertiary/aromatic N) is 4. The number of hydrogen-bond donors (Lipinski definition) is 1. The Bertz CT molecular complexity index is 816. The lowest BCUT2D eigenvalue weighted by molar-refractivity contribution is -0.127. The average molecular weight is 373 g/mol. The molecule has 1 N–H and O–H groups in total. The molecule has 0 aliphatic heterocycles. The van der Waals surface area contributed by atoms with Gasteiger partial charge in [-0.2, -0.15) is 0 Å². The molecule has 0 bridgehead atoms. The Morgan fingerprint density at radius 1 is 1.35 bits per heavy atom. The van der Waals surface area contributed by atoms with Gasteiger partial charge in [-0.25, -0.2) is 0 Å². The van der Waals surface area contributed by atoms with E-state index in [1.807, 2.05) is 42.8 Å². The summed E-state index contributed by atoms with van der Waals surface area (Å²) in [5.41, 5.74) is 1.55. The molecule has 1 heterocycles. The second-order valence-electron chi connectivity index (χ2n) is 6.60. The molecule has 0 saturated heterocycles. The molecule has 138 valence electrons. The van der Waals surface area contributed by atoms with E-state index < -0.39 is 0 Å². The number of anilines is 1. The van der Waals surface area contributed by atoms with E-state index in [-0.39, 0.29) is 11.8 Å². The third-order valence-corrected chi connectivity index (χ3v) is 5.11. The van der Waals surface area contributed by atoms with E-state index in [0.29, 0.717) is 22.5 Å². The predicted octanol–water partition coefficient (Wildman–Crippen LogP) is 2.49. The third kappa shape index (κ3) is 4.63. The highest BCUT2D eigenvalue weighted by atomic mass is 32.2. The maximum absolute atomic E-state index is 12.3. The van der Waals surface area contributed by atoms with Gasteiger partial charge in [0.1, 0.15) is 5.82 Å². The molecule has 1 aromatic carbocycles. The summed E-state index contributed by atoms with van der Waals surface area (Å²) in [7, 11) is 1.86. The van der Waals surface area contributed by atoms with Gasteiger partial charge in [-0.1, -0.05) is 17.8 Å². The Morgan fingerprint density at radius 3 is 2.81 bits per heavy atom. The minimum absolute atomic E-state index is 0.0982. The van der Waals surface area contributed by atoms with Gasteiger partial charge in [0, 0.05) is 26.2 Å². The van der Waals surface area contributed by atoms with Crippen molar-refractivity contribution in [1.82, 2.24) is 19.7 Å². The van der Waals surface area contributed by atoms with E-state index in [1.165, 1.54) is 31.5 Å². The van der Waals surface area contributed by atoms with Crippen LogP contribution in [0.3, 0.4) is 0 Å². The average Bonchev–Trinajstić information content (AvgIpc) is 3.32. The second-order valence-corrected chi connectivity index (χ2v) is 7.55. The van der Waals surface area contributed by atoms with Crippen LogP contribution in [0.5, 0.6) is 0 Å². The highest BCUT2D eigenvalue weighted by Gasteiger charge is 2.25. The molecule has 8 heteroatoms. The monoisotopic (exact) mass is 373 g/mol. The fourth-order valence-electron chi connectivity index (χ4n) is 2.69. The Kier molecular flexibility index (Phi) is 5.61. The zero-order chi connectivity index (χ0) is 18.7. The molecular weight excluding hydrogens is 350 g/mol. The van der Waals surface area contributed by atoms with Crippen molar-refractivity contribution in [2.75, 3.05) is 24.7 Å². The highest BCUT2D eigenvalue weighted by Crippen LogP contribution is 2.30. The molecule has 2 aromatic rings. The van der Waals surface area contributed by atoms with Crippen molar-refractivity contribution in [3.05, 3.63) is 30.1 Å². The summed E-state index contributed by atoms with van der Waals surface area (Å²) in [5, 5.41) is 11.8. The SMILES string of the molecule is CC(=O)Nc1cccc(-n2c(C)nnc2SCC(=O)N(C)CC2CC2)c1. The first-order valence-electron chi connectivity index (χ1n) is 8.61. The van der Waals surface area contributed by atoms with Crippen molar-refractivity contribution in [3.8, 4) is 5.69 Å². The largest absolute Gasteiger partial charge is 0.345 e. The fourth-order valence-corrected chi connectivity index (χ4v) is 3.62. The Morgan fingerprint density at radius 2 is 2.12 bits per heavy atom. The molecule has 1 fully saturated rings. The summed E-state index contributed by atoms with van der Waals surface area (Å²) in [6.45, 7) is 4.18. The number of carbonyl (C=O) groups excluding carboxylic acids is 2. The topological polar surface area (TPSA) is 80.1 Å². The predicted molar refractivity (Wildman–Crippen MR) is 101 cm³/mol. The smallest absolute Gasteiger partial charge is 0.232 e. The number of hydrogen-bond acceptors (Lipinski definition) is 5. The van der Waals surface area contributed by atoms with Gasteiger partial charge < -0.3 is 10.2 Å². The van der Waals surface area contributed by atoms with E-state index >= 15 is 0 Å². The van der Waals surface area contributed by atoms with Crippen molar-refractivity contribution >= 4 is 29.3 Å². The molecule has 2 amide bonds. The Hall–Kier alpha value is -2.35. The van der Waals surface area contributed by atoms with Crippen LogP contribution in [-0.2, 0) is 9.59 Å². The number of aryl methyl sites for hydroxylation is 1. The molecule has 0 unspecified atom stereocenters. The van der Waals surface area contributed by atoms with E-state index in [4.69, 9.17) is 0 Å². The standard InChI is InChI=1S/C18H23N5O2S/c1-12-20-21-18(26-11-17(25)22(3)10-14-7-8-14)23(12)16-6-4-5-15(9-16)19-13(2)24/h4-6,9,14H,7-8,10-11H2,1-3H3,(H,19,24). The van der Waals surface area contributed by atoms with Crippen LogP contribution in [0.25, 0.3) is 5.69 Å². The lowest BCUT2D eigenvalue weighted by atomic mass is 10.2. The number of aromatic nitrogens is 3. The summed E-state index contributed by atoms with van der Waals surface area (Å²) in [6, 6.07) is 7.48. The van der Waals surface area contributed by atoms with Crippen LogP contribution in [0.1, 0.15) is 25.6 Å². The number of benzene rings is 1. The van der Waals surface area contributed by atoms with Gasteiger partial charge in [-0.15, -0.1) is 10.2 Å². The van der Waals surface area contributed by atoms with Gasteiger partial charge >= 0.3 is 0 Å². The second kappa shape index (κ2) is 7.90. The zero-order valence-electron chi connectivity index (χ0n) is 15.2. The Balaban J connectivity index is 1.72. The summed E-state index contributed by atoms with van der Waals surface area (Å²) in [4.78, 5) is 25.4. The van der Waals surface area contributed by atoms with Crippen LogP contribution in [0.2, 0.25) is 0 Å². The number of thioether (sulfide) groups is 1. The van der Waals surface area contributed by atoms with Gasteiger partial charge in [0.15, 0.2) is 5.16 Å². The maximum Gasteiger partial charge on any atom is 0.232 e. The maximum atomic E-state index is 12.3. The molecule has 1 saturated carbocycles. The lowest BCUT2D eigenvalue weighted by Gasteiger charge is -2.16. The number of rotatable bonds is 7. The minimum Gasteiger partial charge on any atom is -0.345 e. The van der Waals surface area contributed by atoms with Gasteiger partial charge in [-0.05, 0) is 43.9 Å². The molecule has 1 aliphatic rings. The van der Waals surface area contributed by atoms with Crippen LogP contribution in [-0.4, -0.2) is 50.8 Å². The van der Waals surface area contributed by atoms with Crippen molar-refractivity contribution in [3.63, 3.8) is 0 Å². The fraction of sp³-hybridized carbons (Fsp3) is 0.444. The number of amides is 2. The molecule has 1 aromatic heterocycles. The molecule has 1 aliphatic carbocycles. The van der Waals surface area contributed by atoms with Crippen molar-refractivity contribution in [1.29, 1.82) is 0 Å². The highest BCUT2D eigenvalue weighted by molar-refractivity contribution is 7.99. The third-order valence-electron chi connectivity index (χ3n) is 4.20. The molecular formula is C18H23N5O2S. The summed E-state index contributed by atoms with van der Waals surface area (Å²) < 4.78 is 1.89. The van der Waals surface area contributed by atoms with E-state index in [2.05, 4.69) is 15.5 Å². The first-order valence-corrected chi connectivity index (χ1v) is 9.59. The van der Waals surface area contributed by atoms with Crippen LogP contribution in [0, 0.1) is 12.8 Å². The van der Waals surface area contributed by atoms with Crippen molar-refractivity contribution in [2.24, 2.45) is 5.92 Å². The molecule has 3 rings (SSSR count). The van der Waals surface area contributed by atoms with Gasteiger partial charge in [0.25, 0.3) is 0 Å². The summed E-state index contributed by atoms with van der Waals surface area (Å²) >= 11 is 1.38. The molecule has 0 spiro atoms. The van der Waals surface area contributed by atoms with Crippen LogP contribution in [0.15, 0.2) is 29.4 Å². The van der Waals surface area contributed by atoms with Crippen molar-refractivity contribution < 1.29 is 9.59 Å². The molecule has 7 nitrogen and oxygen atoms in total. The van der Waals surface area contributed by atoms with Crippen LogP contribution >= 0.6 is 11.8 Å². The molecule has 0 radical (unpaired) electrons. The quantitative estimate of drug-likeness (QED) is 0.754. The van der Waals surface area contributed by atoms with Gasteiger partial charge in [-0.3, -0.25) is 14.2 Å². The van der Waals surface area contributed by atoms with Gasteiger partial charge in [0.05, 0.1) is 11.4 Å². The summed E-state index contributed by atoms with van der Waals surface area (Å²) in [5.74, 6) is 1.71. The van der Waals surface area contributed by atoms with E-state index in [9.17, 15) is 9.59 Å². The van der Waals surface area contributed by atoms with Crippen LogP contribution < -0.4 is 5.32 Å². The lowest BCUT2D eigenvalue weighted by Crippen LogP contribution is -2.30.